The van der Waals surface area contributed by atoms with Crippen molar-refractivity contribution in [3.05, 3.63) is 146 Å². The van der Waals surface area contributed by atoms with Crippen LogP contribution in [0.2, 0.25) is 0 Å². The standard InChI is InChI=1S/C45H24N4O2/c1-3-10-25(11-4-1)43-46-44(26-12-5-2-6-13-26)48-45(47-43)32-17-9-18-36-39(32)34-22-27(20-21-35(34)50-36)28-23-33-31-15-7-14-29-30-16-8-19-37-41(30)49(40(29)31)42(33)38(24-28)51-37/h1-24H. The number of nitrogens with zero attached hydrogens (tertiary/aromatic N) is 4. The number of fused-ring (bicyclic) bond motifs is 5. The first kappa shape index (κ1) is 26.9. The van der Waals surface area contributed by atoms with Crippen molar-refractivity contribution >= 4 is 60.0 Å². The molecular formula is C45H24N4O2. The number of hydrogen-bond donors (Lipinski definition) is 0. The summed E-state index contributed by atoms with van der Waals surface area (Å²) in [5.74, 6) is 3.58. The van der Waals surface area contributed by atoms with Crippen LogP contribution in [0.1, 0.15) is 0 Å². The summed E-state index contributed by atoms with van der Waals surface area (Å²) in [7, 11) is 0. The molecule has 51 heavy (non-hydrogen) atoms. The third-order valence-corrected chi connectivity index (χ3v) is 10.3. The molecule has 0 spiro atoms. The SMILES string of the molecule is c1ccc(-c2nc(-c3ccccc3)nc(-c3cccc4oc5ccc(-c6cc7c8c(c6)c6cccc9c%10cccc(c%10n8c96)O7)cc5c34)n2)cc1. The summed E-state index contributed by atoms with van der Waals surface area (Å²) in [6.45, 7) is 0. The van der Waals surface area contributed by atoms with Crippen LogP contribution in [0, 0.1) is 0 Å². The normalized spacial score (nSPS) is 12.5. The third-order valence-electron chi connectivity index (χ3n) is 10.3. The summed E-state index contributed by atoms with van der Waals surface area (Å²) in [5, 5.41) is 6.85. The molecule has 0 atom stereocenters. The number of aromatic nitrogens is 4. The second-order valence-corrected chi connectivity index (χ2v) is 13.2. The molecule has 0 N–H and O–H groups in total. The van der Waals surface area contributed by atoms with Crippen LogP contribution in [0.25, 0.3) is 105 Å². The van der Waals surface area contributed by atoms with Gasteiger partial charge in [0, 0.05) is 49.0 Å². The van der Waals surface area contributed by atoms with E-state index in [0.29, 0.717) is 17.5 Å². The number of ether oxygens (including phenoxy) is 1. The second kappa shape index (κ2) is 9.77. The number of hydrogen-bond acceptors (Lipinski definition) is 5. The van der Waals surface area contributed by atoms with Gasteiger partial charge >= 0.3 is 0 Å². The van der Waals surface area contributed by atoms with Gasteiger partial charge < -0.3 is 13.6 Å². The Hall–Kier alpha value is -7.05. The zero-order chi connectivity index (χ0) is 33.2. The fraction of sp³-hybridized carbons (Fsp3) is 0. The number of para-hydroxylation sites is 2. The van der Waals surface area contributed by atoms with Crippen LogP contribution in [0.4, 0.5) is 0 Å². The molecule has 6 heteroatoms. The lowest BCUT2D eigenvalue weighted by atomic mass is 9.98. The summed E-state index contributed by atoms with van der Waals surface area (Å²) >= 11 is 0. The van der Waals surface area contributed by atoms with Crippen LogP contribution in [0.3, 0.4) is 0 Å². The molecule has 12 rings (SSSR count). The summed E-state index contributed by atoms with van der Waals surface area (Å²) in [6.07, 6.45) is 0. The van der Waals surface area contributed by atoms with E-state index in [1.807, 2.05) is 72.8 Å². The van der Waals surface area contributed by atoms with Gasteiger partial charge in [-0.2, -0.15) is 0 Å². The van der Waals surface area contributed by atoms with Crippen molar-refractivity contribution in [1.82, 2.24) is 19.4 Å². The Labute approximate surface area is 290 Å². The lowest BCUT2D eigenvalue weighted by Crippen LogP contribution is -2.00. The minimum atomic E-state index is 0.594. The lowest BCUT2D eigenvalue weighted by Gasteiger charge is -2.16. The molecule has 5 heterocycles. The summed E-state index contributed by atoms with van der Waals surface area (Å²) in [4.78, 5) is 15.0. The van der Waals surface area contributed by atoms with Crippen molar-refractivity contribution in [2.24, 2.45) is 0 Å². The number of rotatable bonds is 4. The van der Waals surface area contributed by atoms with Gasteiger partial charge in [0.1, 0.15) is 11.2 Å². The van der Waals surface area contributed by atoms with Crippen molar-refractivity contribution in [3.8, 4) is 56.8 Å². The molecule has 0 radical (unpaired) electrons. The van der Waals surface area contributed by atoms with E-state index < -0.39 is 0 Å². The molecular weight excluding hydrogens is 629 g/mol. The van der Waals surface area contributed by atoms with Gasteiger partial charge in [-0.05, 0) is 47.5 Å². The van der Waals surface area contributed by atoms with E-state index >= 15 is 0 Å². The van der Waals surface area contributed by atoms with E-state index in [2.05, 4.69) is 77.2 Å². The van der Waals surface area contributed by atoms with Gasteiger partial charge in [-0.1, -0.05) is 109 Å². The van der Waals surface area contributed by atoms with Crippen molar-refractivity contribution in [1.29, 1.82) is 0 Å². The van der Waals surface area contributed by atoms with Crippen LogP contribution >= 0.6 is 0 Å². The van der Waals surface area contributed by atoms with E-state index in [1.54, 1.807) is 0 Å². The largest absolute Gasteiger partial charge is 0.456 e. The molecule has 6 nitrogen and oxygen atoms in total. The van der Waals surface area contributed by atoms with Crippen molar-refractivity contribution in [2.45, 2.75) is 0 Å². The highest BCUT2D eigenvalue weighted by Crippen LogP contribution is 2.50. The first-order valence-corrected chi connectivity index (χ1v) is 17.0. The molecule has 0 fully saturated rings. The Kier molecular flexibility index (Phi) is 5.14. The van der Waals surface area contributed by atoms with E-state index in [9.17, 15) is 0 Å². The number of furan rings is 1. The maximum atomic E-state index is 6.66. The van der Waals surface area contributed by atoms with E-state index in [4.69, 9.17) is 24.1 Å². The Morgan fingerprint density at radius 1 is 0.392 bits per heavy atom. The highest BCUT2D eigenvalue weighted by atomic mass is 16.5. The highest BCUT2D eigenvalue weighted by molar-refractivity contribution is 6.26. The molecule has 1 aliphatic rings. The molecule has 11 aromatic rings. The molecule has 0 saturated heterocycles. The zero-order valence-electron chi connectivity index (χ0n) is 27.0. The van der Waals surface area contributed by atoms with Crippen LogP contribution in [0.5, 0.6) is 11.5 Å². The molecule has 236 valence electrons. The van der Waals surface area contributed by atoms with Crippen LogP contribution in [0.15, 0.2) is 150 Å². The maximum Gasteiger partial charge on any atom is 0.164 e. The highest BCUT2D eigenvalue weighted by Gasteiger charge is 2.27. The minimum Gasteiger partial charge on any atom is -0.456 e. The summed E-state index contributed by atoms with van der Waals surface area (Å²) in [5.41, 5.74) is 9.99. The molecule has 7 aromatic carbocycles. The molecule has 0 aliphatic carbocycles. The Bertz CT molecular complexity index is 3160. The lowest BCUT2D eigenvalue weighted by molar-refractivity contribution is 0.486. The molecule has 0 unspecified atom stereocenters. The predicted octanol–water partition coefficient (Wildman–Crippen LogP) is 11.7. The summed E-state index contributed by atoms with van der Waals surface area (Å²) < 4.78 is 15.5. The van der Waals surface area contributed by atoms with Gasteiger partial charge in [0.05, 0.1) is 16.6 Å². The van der Waals surface area contributed by atoms with E-state index in [-0.39, 0.29) is 0 Å². The van der Waals surface area contributed by atoms with Crippen molar-refractivity contribution < 1.29 is 9.15 Å². The average Bonchev–Trinajstić information content (AvgIpc) is 3.86. The van der Waals surface area contributed by atoms with Crippen LogP contribution < -0.4 is 4.74 Å². The fourth-order valence-electron chi connectivity index (χ4n) is 8.14. The predicted molar refractivity (Wildman–Crippen MR) is 204 cm³/mol. The zero-order valence-corrected chi connectivity index (χ0v) is 27.0. The van der Waals surface area contributed by atoms with Crippen LogP contribution in [-0.4, -0.2) is 19.4 Å². The van der Waals surface area contributed by atoms with E-state index in [1.165, 1.54) is 27.1 Å². The molecule has 4 aromatic heterocycles. The fourth-order valence-corrected chi connectivity index (χ4v) is 8.14. The van der Waals surface area contributed by atoms with Crippen molar-refractivity contribution in [2.75, 3.05) is 0 Å². The van der Waals surface area contributed by atoms with Gasteiger partial charge in [-0.3, -0.25) is 0 Å². The molecule has 0 amide bonds. The van der Waals surface area contributed by atoms with Gasteiger partial charge in [-0.15, -0.1) is 0 Å². The Morgan fingerprint density at radius 2 is 1.02 bits per heavy atom. The third kappa shape index (κ3) is 3.68. The quantitative estimate of drug-likeness (QED) is 0.189. The Morgan fingerprint density at radius 3 is 1.78 bits per heavy atom. The van der Waals surface area contributed by atoms with Gasteiger partial charge in [-0.25, -0.2) is 15.0 Å². The van der Waals surface area contributed by atoms with Crippen molar-refractivity contribution in [3.63, 3.8) is 0 Å². The summed E-state index contributed by atoms with van der Waals surface area (Å²) in [6, 6.07) is 50.0. The smallest absolute Gasteiger partial charge is 0.164 e. The second-order valence-electron chi connectivity index (χ2n) is 13.2. The Balaban J connectivity index is 1.08. The van der Waals surface area contributed by atoms with Gasteiger partial charge in [0.25, 0.3) is 0 Å². The van der Waals surface area contributed by atoms with E-state index in [0.717, 1.165) is 72.3 Å². The maximum absolute atomic E-state index is 6.66. The van der Waals surface area contributed by atoms with Gasteiger partial charge in [0.15, 0.2) is 29.0 Å². The minimum absolute atomic E-state index is 0.594. The monoisotopic (exact) mass is 652 g/mol. The molecule has 1 aliphatic heterocycles. The number of benzene rings is 7. The molecule has 0 bridgehead atoms. The van der Waals surface area contributed by atoms with Gasteiger partial charge in [0.2, 0.25) is 0 Å². The average molecular weight is 653 g/mol. The molecule has 0 saturated carbocycles. The first-order chi connectivity index (χ1) is 25.3. The topological polar surface area (TPSA) is 65.5 Å². The first-order valence-electron chi connectivity index (χ1n) is 17.0. The van der Waals surface area contributed by atoms with Crippen LogP contribution in [-0.2, 0) is 0 Å².